The molecule has 0 radical (unpaired) electrons. The third-order valence-corrected chi connectivity index (χ3v) is 2.14. The summed E-state index contributed by atoms with van der Waals surface area (Å²) >= 11 is 0. The van der Waals surface area contributed by atoms with Crippen molar-refractivity contribution in [3.8, 4) is 11.5 Å². The van der Waals surface area contributed by atoms with Crippen molar-refractivity contribution < 1.29 is 19.4 Å². The van der Waals surface area contributed by atoms with E-state index in [4.69, 9.17) is 4.74 Å². The maximum atomic E-state index is 11.2. The molecule has 0 aliphatic carbocycles. The van der Waals surface area contributed by atoms with Crippen molar-refractivity contribution in [2.45, 2.75) is 34.6 Å². The van der Waals surface area contributed by atoms with Gasteiger partial charge in [-0.15, -0.1) is 0 Å². The van der Waals surface area contributed by atoms with E-state index in [1.807, 2.05) is 27.7 Å². The molecule has 0 unspecified atom stereocenters. The summed E-state index contributed by atoms with van der Waals surface area (Å²) in [5.74, 6) is -0.412. The number of rotatable bonds is 1. The molecule has 1 N–H and O–H groups in total. The highest BCUT2D eigenvalue weighted by atomic mass is 16.5. The zero-order valence-electron chi connectivity index (χ0n) is 11.5. The molecule has 2 rings (SSSR count). The molecule has 0 amide bonds. The van der Waals surface area contributed by atoms with Crippen molar-refractivity contribution in [3.63, 3.8) is 0 Å². The average molecular weight is 252 g/mol. The van der Waals surface area contributed by atoms with Gasteiger partial charge in [0.05, 0.1) is 5.56 Å². The molecule has 1 aliphatic rings. The van der Waals surface area contributed by atoms with E-state index in [1.54, 1.807) is 0 Å². The number of aromatic hydroxyl groups is 1. The first kappa shape index (κ1) is 16.2. The lowest BCUT2D eigenvalue weighted by Crippen LogP contribution is -1.98. The fraction of sp³-hybridized carbons (Fsp3) is 0.429. The normalized spacial score (nSPS) is 11.3. The molecular weight excluding hydrogens is 232 g/mol. The summed E-state index contributed by atoms with van der Waals surface area (Å²) in [5, 5.41) is 9.42. The molecule has 0 aromatic heterocycles. The molecule has 4 nitrogen and oxygen atoms in total. The Kier molecular flexibility index (Phi) is 6.71. The van der Waals surface area contributed by atoms with Crippen LogP contribution in [0.1, 0.15) is 55.3 Å². The number of ether oxygens (including phenoxy) is 1. The Morgan fingerprint density at radius 2 is 1.78 bits per heavy atom. The van der Waals surface area contributed by atoms with E-state index in [0.29, 0.717) is 5.56 Å². The highest BCUT2D eigenvalue weighted by Gasteiger charge is 2.27. The predicted molar refractivity (Wildman–Crippen MR) is 70.6 cm³/mol. The standard InChI is InChI=1S/C10H8O4.2C2H6/c1-5(11)9-7(12)3-2-6-8(13)4-14-10(6)9;2*1-2/h2-3,12H,4H2,1H3;2*1-2H3. The van der Waals surface area contributed by atoms with Crippen LogP contribution in [0, 0.1) is 0 Å². The second-order valence-electron chi connectivity index (χ2n) is 3.10. The van der Waals surface area contributed by atoms with E-state index in [1.165, 1.54) is 19.1 Å². The summed E-state index contributed by atoms with van der Waals surface area (Å²) in [6.45, 7) is 9.26. The molecule has 0 bridgehead atoms. The molecule has 18 heavy (non-hydrogen) atoms. The van der Waals surface area contributed by atoms with Gasteiger partial charge in [-0.3, -0.25) is 9.59 Å². The first-order chi connectivity index (χ1) is 8.61. The summed E-state index contributed by atoms with van der Waals surface area (Å²) in [7, 11) is 0. The maximum absolute atomic E-state index is 11.2. The quantitative estimate of drug-likeness (QED) is 0.779. The minimum absolute atomic E-state index is 0.0565. The van der Waals surface area contributed by atoms with Crippen molar-refractivity contribution in [2.75, 3.05) is 6.61 Å². The number of carbonyl (C=O) groups excluding carboxylic acids is 2. The SMILES string of the molecule is CC.CC.CC(=O)c1c(O)ccc2c1OCC2=O. The first-order valence-electron chi connectivity index (χ1n) is 6.14. The van der Waals surface area contributed by atoms with Crippen LogP contribution in [0.25, 0.3) is 0 Å². The zero-order valence-corrected chi connectivity index (χ0v) is 11.5. The molecule has 1 heterocycles. The summed E-state index contributed by atoms with van der Waals surface area (Å²) in [5.41, 5.74) is 0.460. The van der Waals surface area contributed by atoms with Crippen LogP contribution in [0.3, 0.4) is 0 Å². The van der Waals surface area contributed by atoms with E-state index in [-0.39, 0.29) is 35.2 Å². The van der Waals surface area contributed by atoms with Crippen LogP contribution >= 0.6 is 0 Å². The van der Waals surface area contributed by atoms with E-state index in [0.717, 1.165) is 0 Å². The first-order valence-corrected chi connectivity index (χ1v) is 6.14. The Labute approximate surface area is 108 Å². The average Bonchev–Trinajstić information content (AvgIpc) is 2.75. The van der Waals surface area contributed by atoms with Gasteiger partial charge in [-0.1, -0.05) is 27.7 Å². The summed E-state index contributed by atoms with van der Waals surface area (Å²) < 4.78 is 5.05. The molecule has 1 aromatic carbocycles. The number of benzene rings is 1. The van der Waals surface area contributed by atoms with Gasteiger partial charge >= 0.3 is 0 Å². The number of phenolic OH excluding ortho intramolecular Hbond substituents is 1. The van der Waals surface area contributed by atoms with Gasteiger partial charge in [-0.2, -0.15) is 0 Å². The van der Waals surface area contributed by atoms with Crippen LogP contribution in [-0.2, 0) is 0 Å². The number of hydrogen-bond donors (Lipinski definition) is 1. The highest BCUT2D eigenvalue weighted by molar-refractivity contribution is 6.08. The summed E-state index contributed by atoms with van der Waals surface area (Å²) in [6.07, 6.45) is 0. The number of fused-ring (bicyclic) bond motifs is 1. The Balaban J connectivity index is 0.000000659. The Hall–Kier alpha value is -1.84. The molecule has 0 spiro atoms. The largest absolute Gasteiger partial charge is 0.507 e. The monoisotopic (exact) mass is 252 g/mol. The van der Waals surface area contributed by atoms with E-state index in [2.05, 4.69) is 0 Å². The van der Waals surface area contributed by atoms with Crippen LogP contribution in [0.2, 0.25) is 0 Å². The topological polar surface area (TPSA) is 63.6 Å². The highest BCUT2D eigenvalue weighted by Crippen LogP contribution is 2.35. The lowest BCUT2D eigenvalue weighted by molar-refractivity contribution is 0.0955. The Bertz CT molecular complexity index is 436. The Morgan fingerprint density at radius 3 is 2.28 bits per heavy atom. The van der Waals surface area contributed by atoms with E-state index < -0.39 is 0 Å². The van der Waals surface area contributed by atoms with Crippen molar-refractivity contribution in [3.05, 3.63) is 23.3 Å². The van der Waals surface area contributed by atoms with Crippen molar-refractivity contribution in [1.82, 2.24) is 0 Å². The van der Waals surface area contributed by atoms with Crippen LogP contribution in [0.15, 0.2) is 12.1 Å². The number of Topliss-reactive ketones (excluding diaryl/α,β-unsaturated/α-hetero) is 2. The van der Waals surface area contributed by atoms with E-state index >= 15 is 0 Å². The van der Waals surface area contributed by atoms with Gasteiger partial charge in [-0.05, 0) is 19.1 Å². The lowest BCUT2D eigenvalue weighted by Gasteiger charge is -2.05. The second-order valence-corrected chi connectivity index (χ2v) is 3.10. The fourth-order valence-electron chi connectivity index (χ4n) is 1.50. The lowest BCUT2D eigenvalue weighted by atomic mass is 10.0. The van der Waals surface area contributed by atoms with Crippen molar-refractivity contribution >= 4 is 11.6 Å². The molecule has 100 valence electrons. The number of ketones is 2. The number of carbonyl (C=O) groups is 2. The minimum atomic E-state index is -0.311. The number of phenols is 1. The van der Waals surface area contributed by atoms with Crippen LogP contribution < -0.4 is 4.74 Å². The third kappa shape index (κ3) is 3.09. The molecule has 1 aromatic rings. The third-order valence-electron chi connectivity index (χ3n) is 2.14. The van der Waals surface area contributed by atoms with Crippen LogP contribution in [0.4, 0.5) is 0 Å². The van der Waals surface area contributed by atoms with Crippen LogP contribution in [-0.4, -0.2) is 23.3 Å². The molecule has 1 aliphatic heterocycles. The van der Waals surface area contributed by atoms with Gasteiger partial charge < -0.3 is 9.84 Å². The zero-order chi connectivity index (χ0) is 14.3. The van der Waals surface area contributed by atoms with Gasteiger partial charge in [-0.25, -0.2) is 0 Å². The van der Waals surface area contributed by atoms with Crippen LogP contribution in [0.5, 0.6) is 11.5 Å². The predicted octanol–water partition coefficient (Wildman–Crippen LogP) is 3.22. The molecule has 4 heteroatoms. The van der Waals surface area contributed by atoms with Gasteiger partial charge in [0.25, 0.3) is 0 Å². The van der Waals surface area contributed by atoms with Crippen molar-refractivity contribution in [1.29, 1.82) is 0 Å². The summed E-state index contributed by atoms with van der Waals surface area (Å²) in [6, 6.07) is 2.80. The fourth-order valence-corrected chi connectivity index (χ4v) is 1.50. The molecular formula is C14H20O4. The van der Waals surface area contributed by atoms with E-state index in [9.17, 15) is 14.7 Å². The van der Waals surface area contributed by atoms with Crippen molar-refractivity contribution in [2.24, 2.45) is 0 Å². The summed E-state index contributed by atoms with van der Waals surface area (Å²) in [4.78, 5) is 22.4. The maximum Gasteiger partial charge on any atom is 0.203 e. The Morgan fingerprint density at radius 1 is 1.22 bits per heavy atom. The smallest absolute Gasteiger partial charge is 0.203 e. The number of hydrogen-bond acceptors (Lipinski definition) is 4. The van der Waals surface area contributed by atoms with Gasteiger partial charge in [0.15, 0.2) is 12.4 Å². The second kappa shape index (κ2) is 7.48. The molecule has 0 saturated heterocycles. The van der Waals surface area contributed by atoms with Gasteiger partial charge in [0.1, 0.15) is 17.1 Å². The molecule has 0 atom stereocenters. The van der Waals surface area contributed by atoms with Gasteiger partial charge in [0.2, 0.25) is 5.78 Å². The molecule has 0 saturated carbocycles. The van der Waals surface area contributed by atoms with Gasteiger partial charge in [0, 0.05) is 0 Å². The molecule has 0 fully saturated rings. The minimum Gasteiger partial charge on any atom is -0.507 e.